The molecule has 0 unspecified atom stereocenters. The van der Waals surface area contributed by atoms with Crippen molar-refractivity contribution in [3.63, 3.8) is 0 Å². The van der Waals surface area contributed by atoms with Crippen LogP contribution >= 0.6 is 11.6 Å². The van der Waals surface area contributed by atoms with E-state index >= 15 is 0 Å². The number of carbonyl (C=O) groups is 1. The van der Waals surface area contributed by atoms with E-state index in [4.69, 9.17) is 20.8 Å². The van der Waals surface area contributed by atoms with Crippen LogP contribution in [0.3, 0.4) is 0 Å². The minimum Gasteiger partial charge on any atom is -0.452 e. The molecule has 0 N–H and O–H groups in total. The number of hydrogen-bond acceptors (Lipinski definition) is 4. The Balaban J connectivity index is 1.74. The van der Waals surface area contributed by atoms with E-state index in [-0.39, 0.29) is 16.9 Å². The smallest absolute Gasteiger partial charge is 0.336 e. The van der Waals surface area contributed by atoms with Crippen molar-refractivity contribution < 1.29 is 13.9 Å². The average molecular weight is 459 g/mol. The van der Waals surface area contributed by atoms with Crippen molar-refractivity contribution >= 4 is 34.6 Å². The molecule has 0 saturated heterocycles. The number of halogens is 1. The van der Waals surface area contributed by atoms with Crippen LogP contribution in [-0.2, 0) is 10.2 Å². The Morgan fingerprint density at radius 3 is 2.27 bits per heavy atom. The van der Waals surface area contributed by atoms with Crippen LogP contribution in [0.1, 0.15) is 31.9 Å². The van der Waals surface area contributed by atoms with E-state index in [1.165, 1.54) is 6.08 Å². The molecule has 1 heterocycles. The summed E-state index contributed by atoms with van der Waals surface area (Å²) in [6.45, 7) is 6.37. The summed E-state index contributed by atoms with van der Waals surface area (Å²) in [6, 6.07) is 21.6. The van der Waals surface area contributed by atoms with Crippen molar-refractivity contribution in [2.75, 3.05) is 0 Å². The molecule has 0 aliphatic rings. The van der Waals surface area contributed by atoms with Gasteiger partial charge in [0.1, 0.15) is 5.58 Å². The molecule has 0 bridgehead atoms. The van der Waals surface area contributed by atoms with Crippen LogP contribution < -0.4 is 10.2 Å². The Morgan fingerprint density at radius 2 is 1.61 bits per heavy atom. The summed E-state index contributed by atoms with van der Waals surface area (Å²) in [5, 5.41) is 0.947. The first-order chi connectivity index (χ1) is 15.7. The van der Waals surface area contributed by atoms with Gasteiger partial charge in [-0.15, -0.1) is 0 Å². The number of rotatable bonds is 4. The maximum atomic E-state index is 13.2. The van der Waals surface area contributed by atoms with E-state index in [0.717, 1.165) is 11.1 Å². The normalized spacial score (nSPS) is 11.8. The predicted octanol–water partition coefficient (Wildman–Crippen LogP) is 7.03. The first-order valence-corrected chi connectivity index (χ1v) is 10.9. The molecular weight excluding hydrogens is 436 g/mol. The standard InChI is InChI=1S/C28H23ClO4/c1-28(2,3)20-13-11-19(12-14-20)26-27(25(31)22-6-4-5-7-23(22)32-26)33-24(30)17-10-18-8-15-21(29)16-9-18/h4-17H,1-3H3. The zero-order chi connectivity index (χ0) is 23.6. The van der Waals surface area contributed by atoms with Gasteiger partial charge in [0, 0.05) is 16.7 Å². The Hall–Kier alpha value is -3.63. The number of fused-ring (bicyclic) bond motifs is 1. The fourth-order valence-corrected chi connectivity index (χ4v) is 3.53. The zero-order valence-corrected chi connectivity index (χ0v) is 19.3. The quantitative estimate of drug-likeness (QED) is 0.243. The molecular formula is C28H23ClO4. The Kier molecular flexibility index (Phi) is 6.21. The van der Waals surface area contributed by atoms with Crippen LogP contribution in [0.2, 0.25) is 5.02 Å². The molecule has 0 fully saturated rings. The summed E-state index contributed by atoms with van der Waals surface area (Å²) in [5.74, 6) is -0.601. The minimum absolute atomic E-state index is 0.0233. The largest absolute Gasteiger partial charge is 0.452 e. The maximum Gasteiger partial charge on any atom is 0.336 e. The van der Waals surface area contributed by atoms with Gasteiger partial charge in [0.05, 0.1) is 5.39 Å². The molecule has 0 atom stereocenters. The van der Waals surface area contributed by atoms with Crippen molar-refractivity contribution in [2.24, 2.45) is 0 Å². The van der Waals surface area contributed by atoms with Crippen LogP contribution in [-0.4, -0.2) is 5.97 Å². The molecule has 0 amide bonds. The van der Waals surface area contributed by atoms with Crippen LogP contribution in [0, 0.1) is 0 Å². The summed E-state index contributed by atoms with van der Waals surface area (Å²) >= 11 is 5.90. The van der Waals surface area contributed by atoms with Crippen molar-refractivity contribution in [2.45, 2.75) is 26.2 Å². The van der Waals surface area contributed by atoms with Gasteiger partial charge in [0.15, 0.2) is 5.76 Å². The second-order valence-corrected chi connectivity index (χ2v) is 9.16. The number of hydrogen-bond donors (Lipinski definition) is 0. The maximum absolute atomic E-state index is 13.2. The van der Waals surface area contributed by atoms with E-state index in [0.29, 0.717) is 21.6 Å². The van der Waals surface area contributed by atoms with Gasteiger partial charge in [0.25, 0.3) is 0 Å². The molecule has 4 rings (SSSR count). The van der Waals surface area contributed by atoms with Gasteiger partial charge < -0.3 is 9.15 Å². The molecule has 0 spiro atoms. The fraction of sp³-hybridized carbons (Fsp3) is 0.143. The van der Waals surface area contributed by atoms with Crippen molar-refractivity contribution in [1.29, 1.82) is 0 Å². The van der Waals surface area contributed by atoms with Gasteiger partial charge >= 0.3 is 5.97 Å². The number of para-hydroxylation sites is 1. The molecule has 5 heteroatoms. The highest BCUT2D eigenvalue weighted by molar-refractivity contribution is 6.30. The van der Waals surface area contributed by atoms with Crippen LogP contribution in [0.5, 0.6) is 5.75 Å². The minimum atomic E-state index is -0.680. The Bertz CT molecular complexity index is 1390. The lowest BCUT2D eigenvalue weighted by Crippen LogP contribution is -2.14. The van der Waals surface area contributed by atoms with Crippen molar-refractivity contribution in [3.05, 3.63) is 105 Å². The highest BCUT2D eigenvalue weighted by Crippen LogP contribution is 2.33. The number of ether oxygens (including phenoxy) is 1. The number of benzene rings is 3. The van der Waals surface area contributed by atoms with Gasteiger partial charge in [-0.1, -0.05) is 80.9 Å². The topological polar surface area (TPSA) is 56.5 Å². The van der Waals surface area contributed by atoms with E-state index in [2.05, 4.69) is 20.8 Å². The van der Waals surface area contributed by atoms with Crippen molar-refractivity contribution in [3.8, 4) is 17.1 Å². The monoisotopic (exact) mass is 458 g/mol. The Labute approximate surface area is 197 Å². The summed E-state index contributed by atoms with van der Waals surface area (Å²) in [7, 11) is 0. The van der Waals surface area contributed by atoms with Gasteiger partial charge in [-0.2, -0.15) is 0 Å². The third kappa shape index (κ3) is 5.07. The van der Waals surface area contributed by atoms with Gasteiger partial charge in [-0.3, -0.25) is 4.79 Å². The number of esters is 1. The van der Waals surface area contributed by atoms with E-state index < -0.39 is 11.4 Å². The molecule has 0 saturated carbocycles. The Morgan fingerprint density at radius 1 is 0.939 bits per heavy atom. The summed E-state index contributed by atoms with van der Waals surface area (Å²) < 4.78 is 11.6. The molecule has 0 aliphatic carbocycles. The molecule has 0 radical (unpaired) electrons. The lowest BCUT2D eigenvalue weighted by molar-refractivity contribution is -0.129. The lowest BCUT2D eigenvalue weighted by Gasteiger charge is -2.19. The van der Waals surface area contributed by atoms with E-state index in [1.807, 2.05) is 24.3 Å². The molecule has 4 nitrogen and oxygen atoms in total. The van der Waals surface area contributed by atoms with Gasteiger partial charge in [-0.05, 0) is 46.9 Å². The molecule has 166 valence electrons. The molecule has 4 aromatic rings. The third-order valence-corrected chi connectivity index (χ3v) is 5.51. The highest BCUT2D eigenvalue weighted by Gasteiger charge is 2.21. The summed E-state index contributed by atoms with van der Waals surface area (Å²) in [5.41, 5.74) is 2.56. The SMILES string of the molecule is CC(C)(C)c1ccc(-c2oc3ccccc3c(=O)c2OC(=O)C=Cc2ccc(Cl)cc2)cc1. The lowest BCUT2D eigenvalue weighted by atomic mass is 9.86. The van der Waals surface area contributed by atoms with Crippen molar-refractivity contribution in [1.82, 2.24) is 0 Å². The van der Waals surface area contributed by atoms with Crippen LogP contribution in [0.15, 0.2) is 88.1 Å². The third-order valence-electron chi connectivity index (χ3n) is 5.25. The van der Waals surface area contributed by atoms with E-state index in [9.17, 15) is 9.59 Å². The molecule has 33 heavy (non-hydrogen) atoms. The fourth-order valence-electron chi connectivity index (χ4n) is 3.40. The second kappa shape index (κ2) is 9.08. The summed E-state index contributed by atoms with van der Waals surface area (Å²) in [4.78, 5) is 25.8. The molecule has 1 aromatic heterocycles. The predicted molar refractivity (Wildman–Crippen MR) is 133 cm³/mol. The second-order valence-electron chi connectivity index (χ2n) is 8.72. The number of carbonyl (C=O) groups excluding carboxylic acids is 1. The van der Waals surface area contributed by atoms with Gasteiger partial charge in [-0.25, -0.2) is 4.79 Å². The highest BCUT2D eigenvalue weighted by atomic mass is 35.5. The molecule has 3 aromatic carbocycles. The van der Waals surface area contributed by atoms with Crippen LogP contribution in [0.25, 0.3) is 28.4 Å². The summed E-state index contributed by atoms with van der Waals surface area (Å²) in [6.07, 6.45) is 2.86. The van der Waals surface area contributed by atoms with Gasteiger partial charge in [0.2, 0.25) is 11.2 Å². The first kappa shape index (κ1) is 22.6. The average Bonchev–Trinajstić information content (AvgIpc) is 2.80. The van der Waals surface area contributed by atoms with E-state index in [1.54, 1.807) is 54.6 Å². The first-order valence-electron chi connectivity index (χ1n) is 10.5. The zero-order valence-electron chi connectivity index (χ0n) is 18.6. The van der Waals surface area contributed by atoms with Crippen LogP contribution in [0.4, 0.5) is 0 Å². The molecule has 0 aliphatic heterocycles.